The molecule has 0 aliphatic carbocycles. The van der Waals surface area contributed by atoms with Gasteiger partial charge in [0.15, 0.2) is 0 Å². The Kier molecular flexibility index (Phi) is 4.04. The lowest BCUT2D eigenvalue weighted by molar-refractivity contribution is -0.116. The highest BCUT2D eigenvalue weighted by molar-refractivity contribution is 6.05. The van der Waals surface area contributed by atoms with Gasteiger partial charge in [0.1, 0.15) is 6.04 Å². The first-order chi connectivity index (χ1) is 9.11. The van der Waals surface area contributed by atoms with Gasteiger partial charge in [0.05, 0.1) is 11.4 Å². The summed E-state index contributed by atoms with van der Waals surface area (Å²) >= 11 is 0. The molecule has 1 atom stereocenters. The number of hydrogen-bond donors (Lipinski definition) is 3. The summed E-state index contributed by atoms with van der Waals surface area (Å²) in [5, 5.41) is 8.73. The van der Waals surface area contributed by atoms with Crippen LogP contribution in [0, 0.1) is 0 Å². The van der Waals surface area contributed by atoms with E-state index in [1.165, 1.54) is 0 Å². The second-order valence-corrected chi connectivity index (χ2v) is 4.73. The van der Waals surface area contributed by atoms with Crippen LogP contribution in [-0.4, -0.2) is 24.4 Å². The molecule has 1 aliphatic rings. The first kappa shape index (κ1) is 13.4. The molecule has 0 fully saturated rings. The van der Waals surface area contributed by atoms with E-state index in [9.17, 15) is 9.59 Å². The van der Waals surface area contributed by atoms with E-state index in [4.69, 9.17) is 0 Å². The molecule has 1 aliphatic heterocycles. The smallest absolute Gasteiger partial charge is 0.251 e. The second-order valence-electron chi connectivity index (χ2n) is 4.73. The van der Waals surface area contributed by atoms with Crippen LogP contribution in [0.1, 0.15) is 37.0 Å². The van der Waals surface area contributed by atoms with Gasteiger partial charge in [0.25, 0.3) is 5.91 Å². The molecule has 3 N–H and O–H groups in total. The summed E-state index contributed by atoms with van der Waals surface area (Å²) in [4.78, 5) is 23.5. The fourth-order valence-corrected chi connectivity index (χ4v) is 1.94. The third kappa shape index (κ3) is 3.05. The average molecular weight is 261 g/mol. The number of anilines is 2. The molecule has 1 unspecified atom stereocenters. The Balaban J connectivity index is 2.10. The maximum absolute atomic E-state index is 11.9. The minimum Gasteiger partial charge on any atom is -0.372 e. The number of unbranched alkanes of at least 4 members (excludes halogenated alkanes) is 1. The standard InChI is InChI=1S/C14H19N3O2/c1-3-4-7-15-14(19)10-5-6-11-12(8-10)17-13(18)9(2)16-11/h5-6,8-9,16H,3-4,7H2,1-2H3,(H,15,19)(H,17,18). The van der Waals surface area contributed by atoms with Crippen LogP contribution in [0.5, 0.6) is 0 Å². The minimum absolute atomic E-state index is 0.0870. The SMILES string of the molecule is CCCCNC(=O)c1ccc2c(c1)NC(=O)C(C)N2. The molecule has 0 saturated carbocycles. The molecule has 102 valence electrons. The molecule has 5 heteroatoms. The largest absolute Gasteiger partial charge is 0.372 e. The first-order valence-electron chi connectivity index (χ1n) is 6.61. The maximum Gasteiger partial charge on any atom is 0.251 e. The number of carbonyl (C=O) groups is 2. The van der Waals surface area contributed by atoms with Crippen LogP contribution in [0.25, 0.3) is 0 Å². The van der Waals surface area contributed by atoms with Crippen molar-refractivity contribution >= 4 is 23.2 Å². The van der Waals surface area contributed by atoms with Gasteiger partial charge in [-0.3, -0.25) is 9.59 Å². The molecule has 1 aromatic rings. The lowest BCUT2D eigenvalue weighted by atomic mass is 10.1. The van der Waals surface area contributed by atoms with Gasteiger partial charge >= 0.3 is 0 Å². The van der Waals surface area contributed by atoms with Crippen LogP contribution in [0.2, 0.25) is 0 Å². The van der Waals surface area contributed by atoms with Gasteiger partial charge in [-0.1, -0.05) is 13.3 Å². The zero-order valence-corrected chi connectivity index (χ0v) is 11.2. The Morgan fingerprint density at radius 3 is 2.89 bits per heavy atom. The Morgan fingerprint density at radius 2 is 2.16 bits per heavy atom. The predicted octanol–water partition coefficient (Wildman–Crippen LogP) is 1.97. The Labute approximate surface area is 112 Å². The Hall–Kier alpha value is -2.04. The maximum atomic E-state index is 11.9. The molecule has 0 spiro atoms. The molecule has 0 aromatic heterocycles. The minimum atomic E-state index is -0.253. The van der Waals surface area contributed by atoms with Gasteiger partial charge in [-0.05, 0) is 31.5 Å². The zero-order chi connectivity index (χ0) is 13.8. The van der Waals surface area contributed by atoms with Gasteiger partial charge < -0.3 is 16.0 Å². The van der Waals surface area contributed by atoms with Crippen molar-refractivity contribution in [2.75, 3.05) is 17.2 Å². The van der Waals surface area contributed by atoms with Gasteiger partial charge in [0, 0.05) is 12.1 Å². The molecule has 2 rings (SSSR count). The van der Waals surface area contributed by atoms with E-state index in [1.807, 2.05) is 6.07 Å². The van der Waals surface area contributed by atoms with Crippen molar-refractivity contribution in [3.63, 3.8) is 0 Å². The van der Waals surface area contributed by atoms with Crippen LogP contribution >= 0.6 is 0 Å². The highest BCUT2D eigenvalue weighted by Gasteiger charge is 2.21. The predicted molar refractivity (Wildman–Crippen MR) is 75.4 cm³/mol. The van der Waals surface area contributed by atoms with Crippen molar-refractivity contribution in [2.24, 2.45) is 0 Å². The second kappa shape index (κ2) is 5.73. The van der Waals surface area contributed by atoms with E-state index in [-0.39, 0.29) is 17.9 Å². The van der Waals surface area contributed by atoms with Crippen molar-refractivity contribution in [3.05, 3.63) is 23.8 Å². The zero-order valence-electron chi connectivity index (χ0n) is 11.2. The number of hydrogen-bond acceptors (Lipinski definition) is 3. The normalized spacial score (nSPS) is 17.2. The van der Waals surface area contributed by atoms with E-state index < -0.39 is 0 Å². The van der Waals surface area contributed by atoms with Crippen LogP contribution in [0.3, 0.4) is 0 Å². The topological polar surface area (TPSA) is 70.2 Å². The Morgan fingerprint density at radius 1 is 1.37 bits per heavy atom. The molecule has 0 saturated heterocycles. The van der Waals surface area contributed by atoms with Crippen LogP contribution in [0.4, 0.5) is 11.4 Å². The number of amides is 2. The average Bonchev–Trinajstić information content (AvgIpc) is 2.40. The number of carbonyl (C=O) groups excluding carboxylic acids is 2. The van der Waals surface area contributed by atoms with E-state index >= 15 is 0 Å². The molecule has 0 radical (unpaired) electrons. The highest BCUT2D eigenvalue weighted by atomic mass is 16.2. The van der Waals surface area contributed by atoms with E-state index in [2.05, 4.69) is 22.9 Å². The number of rotatable bonds is 4. The van der Waals surface area contributed by atoms with Gasteiger partial charge in [-0.2, -0.15) is 0 Å². The molecule has 5 nitrogen and oxygen atoms in total. The first-order valence-corrected chi connectivity index (χ1v) is 6.61. The fourth-order valence-electron chi connectivity index (χ4n) is 1.94. The van der Waals surface area contributed by atoms with Gasteiger partial charge in [-0.15, -0.1) is 0 Å². The van der Waals surface area contributed by atoms with Crippen molar-refractivity contribution in [1.82, 2.24) is 5.32 Å². The summed E-state index contributed by atoms with van der Waals surface area (Å²) in [6.45, 7) is 4.55. The summed E-state index contributed by atoms with van der Waals surface area (Å²) in [6, 6.07) is 5.03. The summed E-state index contributed by atoms with van der Waals surface area (Å²) in [7, 11) is 0. The summed E-state index contributed by atoms with van der Waals surface area (Å²) in [5.74, 6) is -0.194. The molecule has 0 bridgehead atoms. The number of benzene rings is 1. The lowest BCUT2D eigenvalue weighted by Gasteiger charge is -2.24. The third-order valence-corrected chi connectivity index (χ3v) is 3.12. The van der Waals surface area contributed by atoms with Crippen molar-refractivity contribution in [2.45, 2.75) is 32.7 Å². The van der Waals surface area contributed by atoms with Gasteiger partial charge in [-0.25, -0.2) is 0 Å². The van der Waals surface area contributed by atoms with Crippen LogP contribution in [0.15, 0.2) is 18.2 Å². The Bertz CT molecular complexity index is 499. The molecule has 1 heterocycles. The fraction of sp³-hybridized carbons (Fsp3) is 0.429. The van der Waals surface area contributed by atoms with Crippen molar-refractivity contribution < 1.29 is 9.59 Å². The summed E-state index contributed by atoms with van der Waals surface area (Å²) in [6.07, 6.45) is 2.01. The third-order valence-electron chi connectivity index (χ3n) is 3.12. The summed E-state index contributed by atoms with van der Waals surface area (Å²) in [5.41, 5.74) is 2.06. The highest BCUT2D eigenvalue weighted by Crippen LogP contribution is 2.27. The molecule has 19 heavy (non-hydrogen) atoms. The molecular formula is C14H19N3O2. The molecular weight excluding hydrogens is 242 g/mol. The van der Waals surface area contributed by atoms with Crippen molar-refractivity contribution in [1.29, 1.82) is 0 Å². The number of nitrogens with one attached hydrogen (secondary N) is 3. The van der Waals surface area contributed by atoms with Gasteiger partial charge in [0.2, 0.25) is 5.91 Å². The molecule has 2 amide bonds. The van der Waals surface area contributed by atoms with E-state index in [0.29, 0.717) is 17.8 Å². The lowest BCUT2D eigenvalue weighted by Crippen LogP contribution is -2.36. The van der Waals surface area contributed by atoms with Crippen LogP contribution < -0.4 is 16.0 Å². The molecule has 1 aromatic carbocycles. The monoisotopic (exact) mass is 261 g/mol. The van der Waals surface area contributed by atoms with E-state index in [0.717, 1.165) is 18.5 Å². The number of fused-ring (bicyclic) bond motifs is 1. The summed E-state index contributed by atoms with van der Waals surface area (Å²) < 4.78 is 0. The van der Waals surface area contributed by atoms with Crippen molar-refractivity contribution in [3.8, 4) is 0 Å². The van der Waals surface area contributed by atoms with E-state index in [1.54, 1.807) is 19.1 Å². The quantitative estimate of drug-likeness (QED) is 0.726. The van der Waals surface area contributed by atoms with Crippen LogP contribution in [-0.2, 0) is 4.79 Å².